The van der Waals surface area contributed by atoms with Gasteiger partial charge in [0.1, 0.15) is 11.3 Å². The smallest absolute Gasteiger partial charge is 0.355 e. The Bertz CT molecular complexity index is 686. The number of carbonyl (C=O) groups excluding carboxylic acids is 2. The number of hydrogen-bond donors (Lipinski definition) is 2. The predicted octanol–water partition coefficient (Wildman–Crippen LogP) is 2.15. The van der Waals surface area contributed by atoms with E-state index >= 15 is 0 Å². The average Bonchev–Trinajstić information content (AvgIpc) is 2.84. The van der Waals surface area contributed by atoms with E-state index in [0.29, 0.717) is 5.69 Å². The normalized spacial score (nSPS) is 10.2. The molecule has 6 heteroatoms. The fourth-order valence-electron chi connectivity index (χ4n) is 2.03. The van der Waals surface area contributed by atoms with Gasteiger partial charge in [0.05, 0.1) is 25.6 Å². The monoisotopic (exact) mass is 288 g/mol. The number of ether oxygens (including phenoxy) is 2. The van der Waals surface area contributed by atoms with Crippen LogP contribution in [0.15, 0.2) is 24.3 Å². The van der Waals surface area contributed by atoms with Gasteiger partial charge >= 0.3 is 11.9 Å². The molecule has 0 aliphatic rings. The molecule has 2 aromatic rings. The van der Waals surface area contributed by atoms with Gasteiger partial charge in [0.2, 0.25) is 0 Å². The van der Waals surface area contributed by atoms with Gasteiger partial charge in [-0.1, -0.05) is 29.8 Å². The first-order valence-corrected chi connectivity index (χ1v) is 6.24. The Hall–Kier alpha value is -2.76. The van der Waals surface area contributed by atoms with Crippen LogP contribution in [-0.4, -0.2) is 31.1 Å². The number of hydrogen-bond acceptors (Lipinski definition) is 5. The van der Waals surface area contributed by atoms with Crippen molar-refractivity contribution in [2.24, 2.45) is 0 Å². The lowest BCUT2D eigenvalue weighted by molar-refractivity contribution is 0.0553. The lowest BCUT2D eigenvalue weighted by Gasteiger charge is -2.02. The molecule has 1 heterocycles. The lowest BCUT2D eigenvalue weighted by atomic mass is 10.1. The molecule has 6 nitrogen and oxygen atoms in total. The van der Waals surface area contributed by atoms with Crippen molar-refractivity contribution in [1.29, 1.82) is 0 Å². The van der Waals surface area contributed by atoms with Crippen molar-refractivity contribution in [1.82, 2.24) is 4.98 Å². The summed E-state index contributed by atoms with van der Waals surface area (Å²) < 4.78 is 9.34. The molecule has 21 heavy (non-hydrogen) atoms. The predicted molar refractivity (Wildman–Crippen MR) is 78.1 cm³/mol. The summed E-state index contributed by atoms with van der Waals surface area (Å²) in [6, 6.07) is 7.51. The molecule has 0 radical (unpaired) electrons. The molecular weight excluding hydrogens is 272 g/mol. The summed E-state index contributed by atoms with van der Waals surface area (Å²) >= 11 is 0. The fraction of sp³-hybridized carbons (Fsp3) is 0.200. The van der Waals surface area contributed by atoms with Gasteiger partial charge in [0.25, 0.3) is 0 Å². The molecule has 0 bridgehead atoms. The van der Waals surface area contributed by atoms with Crippen LogP contribution in [0.5, 0.6) is 0 Å². The number of aromatic nitrogens is 1. The second kappa shape index (κ2) is 5.70. The highest BCUT2D eigenvalue weighted by Gasteiger charge is 2.27. The third-order valence-electron chi connectivity index (χ3n) is 3.16. The van der Waals surface area contributed by atoms with Gasteiger partial charge in [0, 0.05) is 5.56 Å². The first-order valence-electron chi connectivity index (χ1n) is 6.24. The van der Waals surface area contributed by atoms with Gasteiger partial charge in [-0.05, 0) is 6.92 Å². The number of anilines is 1. The van der Waals surface area contributed by atoms with Crippen molar-refractivity contribution in [3.8, 4) is 11.3 Å². The Kier molecular flexibility index (Phi) is 3.98. The Morgan fingerprint density at radius 3 is 2.14 bits per heavy atom. The number of H-pyrrole nitrogens is 1. The van der Waals surface area contributed by atoms with Crippen molar-refractivity contribution in [3.05, 3.63) is 41.1 Å². The summed E-state index contributed by atoms with van der Waals surface area (Å²) in [5.74, 6) is -1.37. The van der Waals surface area contributed by atoms with Gasteiger partial charge in [0.15, 0.2) is 0 Å². The first-order chi connectivity index (χ1) is 9.99. The molecule has 1 aromatic heterocycles. The number of nitrogens with two attached hydrogens (primary N) is 1. The van der Waals surface area contributed by atoms with E-state index in [-0.39, 0.29) is 16.9 Å². The van der Waals surface area contributed by atoms with E-state index in [1.54, 1.807) is 0 Å². The van der Waals surface area contributed by atoms with E-state index in [4.69, 9.17) is 5.73 Å². The lowest BCUT2D eigenvalue weighted by Crippen LogP contribution is -2.11. The number of benzene rings is 1. The Balaban J connectivity index is 2.63. The molecule has 2 rings (SSSR count). The standard InChI is InChI=1S/C15H16N2O4/c1-8-4-6-9(7-5-8)12-11(16)10(14(18)20-2)13(17-12)15(19)21-3/h4-7,17H,16H2,1-3H3. The van der Waals surface area contributed by atoms with E-state index < -0.39 is 11.9 Å². The number of nitrogen functional groups attached to an aromatic ring is 1. The van der Waals surface area contributed by atoms with E-state index in [2.05, 4.69) is 14.5 Å². The number of methoxy groups -OCH3 is 2. The molecule has 0 amide bonds. The molecule has 0 fully saturated rings. The van der Waals surface area contributed by atoms with Gasteiger partial charge in [-0.2, -0.15) is 0 Å². The van der Waals surface area contributed by atoms with Crippen LogP contribution in [0.25, 0.3) is 11.3 Å². The molecule has 0 aliphatic carbocycles. The van der Waals surface area contributed by atoms with Crippen molar-refractivity contribution >= 4 is 17.6 Å². The van der Waals surface area contributed by atoms with Crippen LogP contribution in [0.4, 0.5) is 5.69 Å². The third kappa shape index (κ3) is 2.60. The minimum Gasteiger partial charge on any atom is -0.465 e. The highest BCUT2D eigenvalue weighted by atomic mass is 16.5. The van der Waals surface area contributed by atoms with Gasteiger partial charge in [-0.25, -0.2) is 9.59 Å². The summed E-state index contributed by atoms with van der Waals surface area (Å²) in [5, 5.41) is 0. The highest BCUT2D eigenvalue weighted by molar-refractivity contribution is 6.08. The molecule has 1 aromatic carbocycles. The average molecular weight is 288 g/mol. The van der Waals surface area contributed by atoms with E-state index in [9.17, 15) is 9.59 Å². The van der Waals surface area contributed by atoms with Gasteiger partial charge < -0.3 is 20.2 Å². The summed E-state index contributed by atoms with van der Waals surface area (Å²) in [4.78, 5) is 26.5. The van der Waals surface area contributed by atoms with Crippen molar-refractivity contribution < 1.29 is 19.1 Å². The maximum Gasteiger partial charge on any atom is 0.355 e. The van der Waals surface area contributed by atoms with Crippen LogP contribution in [-0.2, 0) is 9.47 Å². The van der Waals surface area contributed by atoms with Crippen LogP contribution in [0.3, 0.4) is 0 Å². The summed E-state index contributed by atoms with van der Waals surface area (Å²) in [5.41, 5.74) is 8.46. The molecular formula is C15H16N2O4. The Labute approximate surface area is 121 Å². The molecule has 0 atom stereocenters. The number of rotatable bonds is 3. The zero-order valence-corrected chi connectivity index (χ0v) is 12.0. The minimum absolute atomic E-state index is 0.0140. The van der Waals surface area contributed by atoms with Crippen LogP contribution >= 0.6 is 0 Å². The van der Waals surface area contributed by atoms with Gasteiger partial charge in [-0.15, -0.1) is 0 Å². The summed E-state index contributed by atoms with van der Waals surface area (Å²) in [7, 11) is 2.45. The van der Waals surface area contributed by atoms with E-state index in [1.165, 1.54) is 14.2 Å². The molecule has 0 spiro atoms. The molecule has 110 valence electrons. The second-order valence-corrected chi connectivity index (χ2v) is 4.51. The molecule has 0 saturated heterocycles. The van der Waals surface area contributed by atoms with Crippen LogP contribution in [0.2, 0.25) is 0 Å². The van der Waals surface area contributed by atoms with E-state index in [1.807, 2.05) is 31.2 Å². The topological polar surface area (TPSA) is 94.4 Å². The van der Waals surface area contributed by atoms with Crippen molar-refractivity contribution in [2.75, 3.05) is 20.0 Å². The summed E-state index contributed by atoms with van der Waals surface area (Å²) in [6.45, 7) is 1.96. The summed E-state index contributed by atoms with van der Waals surface area (Å²) in [6.07, 6.45) is 0. The second-order valence-electron chi connectivity index (χ2n) is 4.51. The Morgan fingerprint density at radius 1 is 1.05 bits per heavy atom. The largest absolute Gasteiger partial charge is 0.465 e. The highest BCUT2D eigenvalue weighted by Crippen LogP contribution is 2.31. The van der Waals surface area contributed by atoms with Crippen molar-refractivity contribution in [2.45, 2.75) is 6.92 Å². The number of esters is 2. The Morgan fingerprint density at radius 2 is 1.62 bits per heavy atom. The number of carbonyl (C=O) groups is 2. The van der Waals surface area contributed by atoms with Crippen molar-refractivity contribution in [3.63, 3.8) is 0 Å². The fourth-order valence-corrected chi connectivity index (χ4v) is 2.03. The molecule has 0 aliphatic heterocycles. The maximum absolute atomic E-state index is 11.8. The minimum atomic E-state index is -0.692. The number of aryl methyl sites for hydroxylation is 1. The quantitative estimate of drug-likeness (QED) is 0.844. The zero-order valence-electron chi connectivity index (χ0n) is 12.0. The van der Waals surface area contributed by atoms with Crippen LogP contribution < -0.4 is 5.73 Å². The van der Waals surface area contributed by atoms with E-state index in [0.717, 1.165) is 11.1 Å². The first kappa shape index (κ1) is 14.6. The molecule has 3 N–H and O–H groups in total. The molecule has 0 unspecified atom stereocenters. The van der Waals surface area contributed by atoms with Crippen LogP contribution in [0.1, 0.15) is 26.4 Å². The number of nitrogens with one attached hydrogen (secondary N) is 1. The van der Waals surface area contributed by atoms with Crippen LogP contribution in [0, 0.1) is 6.92 Å². The molecule has 0 saturated carbocycles. The zero-order chi connectivity index (χ0) is 15.6. The maximum atomic E-state index is 11.8. The number of aromatic amines is 1. The SMILES string of the molecule is COC(=O)c1[nH]c(-c2ccc(C)cc2)c(N)c1C(=O)OC. The third-order valence-corrected chi connectivity index (χ3v) is 3.16. The van der Waals surface area contributed by atoms with Gasteiger partial charge in [-0.3, -0.25) is 0 Å².